The van der Waals surface area contributed by atoms with Gasteiger partial charge in [-0.1, -0.05) is 54.6 Å². The molecule has 0 aliphatic carbocycles. The van der Waals surface area contributed by atoms with Gasteiger partial charge in [-0.15, -0.1) is 0 Å². The van der Waals surface area contributed by atoms with Crippen molar-refractivity contribution in [2.75, 3.05) is 5.43 Å². The van der Waals surface area contributed by atoms with E-state index in [9.17, 15) is 10.1 Å². The second-order valence-electron chi connectivity index (χ2n) is 6.35. The summed E-state index contributed by atoms with van der Waals surface area (Å²) >= 11 is 0. The van der Waals surface area contributed by atoms with Gasteiger partial charge in [0.15, 0.2) is 0 Å². The van der Waals surface area contributed by atoms with Crippen LogP contribution < -0.4 is 11.0 Å². The van der Waals surface area contributed by atoms with Gasteiger partial charge in [0.25, 0.3) is 5.56 Å². The molecule has 0 saturated heterocycles. The van der Waals surface area contributed by atoms with Gasteiger partial charge in [-0.25, -0.2) is 10.4 Å². The van der Waals surface area contributed by atoms with Crippen molar-refractivity contribution in [1.82, 2.24) is 15.0 Å². The minimum absolute atomic E-state index is 0.0418. The fourth-order valence-corrected chi connectivity index (χ4v) is 2.93. The fourth-order valence-electron chi connectivity index (χ4n) is 2.93. The predicted molar refractivity (Wildman–Crippen MR) is 116 cm³/mol. The Morgan fingerprint density at radius 1 is 1.00 bits per heavy atom. The molecule has 0 aliphatic heterocycles. The molecule has 0 fully saturated rings. The number of anilines is 1. The fraction of sp³-hybridized carbons (Fsp3) is 0. The molecule has 2 aromatic heterocycles. The number of hydrogen-bond donors (Lipinski definition) is 2. The number of aromatic amines is 1. The summed E-state index contributed by atoms with van der Waals surface area (Å²) in [5.41, 5.74) is 6.04. The SMILES string of the molecule is N#Cc1c(-c2ccccc2)nc(NN=Cc2cccc(-c3cccnc3)c2)[nH]c1=O. The number of nitrogens with zero attached hydrogens (tertiary/aromatic N) is 4. The third-order valence-corrected chi connectivity index (χ3v) is 4.34. The normalized spacial score (nSPS) is 10.6. The van der Waals surface area contributed by atoms with E-state index in [4.69, 9.17) is 0 Å². The third-order valence-electron chi connectivity index (χ3n) is 4.34. The molecule has 2 heterocycles. The van der Waals surface area contributed by atoms with Crippen LogP contribution in [0.3, 0.4) is 0 Å². The molecule has 0 aliphatic rings. The van der Waals surface area contributed by atoms with Crippen molar-refractivity contribution in [2.24, 2.45) is 5.10 Å². The molecule has 2 aromatic carbocycles. The summed E-state index contributed by atoms with van der Waals surface area (Å²) in [6.45, 7) is 0. The van der Waals surface area contributed by atoms with E-state index < -0.39 is 5.56 Å². The zero-order valence-electron chi connectivity index (χ0n) is 15.8. The molecule has 0 atom stereocenters. The number of hydrazone groups is 1. The summed E-state index contributed by atoms with van der Waals surface area (Å²) in [7, 11) is 0. The van der Waals surface area contributed by atoms with E-state index in [0.717, 1.165) is 16.7 Å². The van der Waals surface area contributed by atoms with Crippen LogP contribution in [0.5, 0.6) is 0 Å². The Bertz CT molecular complexity index is 1290. The van der Waals surface area contributed by atoms with E-state index >= 15 is 0 Å². The van der Waals surface area contributed by atoms with Crippen LogP contribution in [0.4, 0.5) is 5.95 Å². The summed E-state index contributed by atoms with van der Waals surface area (Å²) in [5, 5.41) is 13.5. The highest BCUT2D eigenvalue weighted by molar-refractivity contribution is 5.83. The zero-order chi connectivity index (χ0) is 20.8. The minimum Gasteiger partial charge on any atom is -0.290 e. The molecule has 0 unspecified atom stereocenters. The lowest BCUT2D eigenvalue weighted by Gasteiger charge is -2.06. The average Bonchev–Trinajstić information content (AvgIpc) is 2.80. The number of pyridine rings is 1. The molecule has 0 amide bonds. The molecule has 4 aromatic rings. The molecule has 7 nitrogen and oxygen atoms in total. The summed E-state index contributed by atoms with van der Waals surface area (Å²) < 4.78 is 0. The predicted octanol–water partition coefficient (Wildman–Crippen LogP) is 3.82. The molecular weight excluding hydrogens is 376 g/mol. The van der Waals surface area contributed by atoms with Gasteiger partial charge in [0.1, 0.15) is 11.6 Å². The number of nitrogens with one attached hydrogen (secondary N) is 2. The maximum absolute atomic E-state index is 12.3. The van der Waals surface area contributed by atoms with Gasteiger partial charge in [-0.3, -0.25) is 14.8 Å². The van der Waals surface area contributed by atoms with E-state index in [2.05, 4.69) is 25.5 Å². The van der Waals surface area contributed by atoms with Crippen molar-refractivity contribution in [2.45, 2.75) is 0 Å². The zero-order valence-corrected chi connectivity index (χ0v) is 15.8. The van der Waals surface area contributed by atoms with Crippen LogP contribution in [0.1, 0.15) is 11.1 Å². The van der Waals surface area contributed by atoms with Gasteiger partial charge in [0, 0.05) is 23.5 Å². The molecular formula is C23H16N6O. The first-order valence-corrected chi connectivity index (χ1v) is 9.14. The smallest absolute Gasteiger partial charge is 0.270 e. The van der Waals surface area contributed by atoms with E-state index in [0.29, 0.717) is 11.3 Å². The summed E-state index contributed by atoms with van der Waals surface area (Å²) in [4.78, 5) is 23.3. The monoisotopic (exact) mass is 392 g/mol. The first kappa shape index (κ1) is 18.8. The van der Waals surface area contributed by atoms with Crippen LogP contribution in [0.2, 0.25) is 0 Å². The molecule has 30 heavy (non-hydrogen) atoms. The van der Waals surface area contributed by atoms with Crippen molar-refractivity contribution in [3.05, 3.63) is 101 Å². The van der Waals surface area contributed by atoms with Crippen molar-refractivity contribution in [1.29, 1.82) is 5.26 Å². The first-order chi connectivity index (χ1) is 14.7. The van der Waals surface area contributed by atoms with Crippen LogP contribution >= 0.6 is 0 Å². The van der Waals surface area contributed by atoms with Gasteiger partial charge in [0.05, 0.1) is 11.9 Å². The Morgan fingerprint density at radius 2 is 1.80 bits per heavy atom. The molecule has 4 rings (SSSR count). The van der Waals surface area contributed by atoms with Crippen LogP contribution in [0.25, 0.3) is 22.4 Å². The number of rotatable bonds is 5. The van der Waals surface area contributed by atoms with Crippen LogP contribution in [-0.2, 0) is 0 Å². The first-order valence-electron chi connectivity index (χ1n) is 9.14. The summed E-state index contributed by atoms with van der Waals surface area (Å²) in [5.74, 6) is 0.150. The molecule has 0 spiro atoms. The van der Waals surface area contributed by atoms with Crippen LogP contribution in [0, 0.1) is 11.3 Å². The largest absolute Gasteiger partial charge is 0.290 e. The molecule has 0 saturated carbocycles. The Kier molecular flexibility index (Phi) is 5.40. The quantitative estimate of drug-likeness (QED) is 0.397. The van der Waals surface area contributed by atoms with E-state index in [-0.39, 0.29) is 11.5 Å². The number of benzene rings is 2. The summed E-state index contributed by atoms with van der Waals surface area (Å²) in [6, 6.07) is 22.7. The highest BCUT2D eigenvalue weighted by atomic mass is 16.1. The van der Waals surface area contributed by atoms with Gasteiger partial charge >= 0.3 is 0 Å². The van der Waals surface area contributed by atoms with Crippen molar-refractivity contribution < 1.29 is 0 Å². The van der Waals surface area contributed by atoms with E-state index in [1.54, 1.807) is 30.7 Å². The lowest BCUT2D eigenvalue weighted by Crippen LogP contribution is -2.16. The van der Waals surface area contributed by atoms with Crippen molar-refractivity contribution in [3.63, 3.8) is 0 Å². The highest BCUT2D eigenvalue weighted by Gasteiger charge is 2.12. The maximum Gasteiger partial charge on any atom is 0.270 e. The lowest BCUT2D eigenvalue weighted by molar-refractivity contribution is 1.08. The molecule has 144 valence electrons. The van der Waals surface area contributed by atoms with Gasteiger partial charge in [-0.2, -0.15) is 10.4 Å². The number of aromatic nitrogens is 3. The molecule has 7 heteroatoms. The number of H-pyrrole nitrogens is 1. The minimum atomic E-state index is -0.525. The Morgan fingerprint density at radius 3 is 2.57 bits per heavy atom. The average molecular weight is 392 g/mol. The standard InChI is InChI=1S/C23H16N6O/c24-13-20-21(17-7-2-1-3-8-17)27-23(28-22(20)30)29-26-14-16-6-4-9-18(12-16)19-10-5-11-25-15-19/h1-12,14-15H,(H2,27,28,29,30). The number of hydrogen-bond acceptors (Lipinski definition) is 6. The lowest BCUT2D eigenvalue weighted by atomic mass is 10.1. The Labute approximate surface area is 172 Å². The van der Waals surface area contributed by atoms with Crippen molar-refractivity contribution in [3.8, 4) is 28.5 Å². The van der Waals surface area contributed by atoms with Crippen molar-refractivity contribution >= 4 is 12.2 Å². The Hall–Kier alpha value is -4.57. The maximum atomic E-state index is 12.3. The molecule has 0 bridgehead atoms. The van der Waals surface area contributed by atoms with Gasteiger partial charge in [-0.05, 0) is 23.3 Å². The topological polar surface area (TPSA) is 107 Å². The summed E-state index contributed by atoms with van der Waals surface area (Å²) in [6.07, 6.45) is 5.15. The Balaban J connectivity index is 1.59. The van der Waals surface area contributed by atoms with E-state index in [1.165, 1.54) is 0 Å². The number of nitriles is 1. The molecule has 2 N–H and O–H groups in total. The van der Waals surface area contributed by atoms with Gasteiger partial charge < -0.3 is 0 Å². The second-order valence-corrected chi connectivity index (χ2v) is 6.35. The molecule has 0 radical (unpaired) electrons. The third kappa shape index (κ3) is 4.13. The van der Waals surface area contributed by atoms with Crippen LogP contribution in [0.15, 0.2) is 89.0 Å². The van der Waals surface area contributed by atoms with Gasteiger partial charge in [0.2, 0.25) is 5.95 Å². The van der Waals surface area contributed by atoms with E-state index in [1.807, 2.05) is 60.7 Å². The second kappa shape index (κ2) is 8.63. The highest BCUT2D eigenvalue weighted by Crippen LogP contribution is 2.20. The van der Waals surface area contributed by atoms with Crippen LogP contribution in [-0.4, -0.2) is 21.2 Å².